The third-order valence-corrected chi connectivity index (χ3v) is 3.18. The summed E-state index contributed by atoms with van der Waals surface area (Å²) in [7, 11) is 0. The summed E-state index contributed by atoms with van der Waals surface area (Å²) in [4.78, 5) is 13.0. The van der Waals surface area contributed by atoms with E-state index in [9.17, 15) is 4.39 Å². The number of aryl methyl sites for hydroxylation is 2. The SMILES string of the molecule is CCNCCc1c(C)nc(-c2ccc(F)cn2)nc1C. The van der Waals surface area contributed by atoms with Crippen LogP contribution in [0.3, 0.4) is 0 Å². The number of rotatable bonds is 5. The molecule has 5 heteroatoms. The van der Waals surface area contributed by atoms with E-state index in [-0.39, 0.29) is 5.82 Å². The highest BCUT2D eigenvalue weighted by molar-refractivity contribution is 5.50. The minimum absolute atomic E-state index is 0.357. The number of pyridine rings is 1. The summed E-state index contributed by atoms with van der Waals surface area (Å²) in [5, 5.41) is 3.29. The van der Waals surface area contributed by atoms with E-state index in [4.69, 9.17) is 0 Å². The normalized spacial score (nSPS) is 10.8. The van der Waals surface area contributed by atoms with Gasteiger partial charge in [-0.2, -0.15) is 0 Å². The Kier molecular flexibility index (Phi) is 4.74. The zero-order chi connectivity index (χ0) is 14.5. The van der Waals surface area contributed by atoms with Crippen molar-refractivity contribution in [3.63, 3.8) is 0 Å². The van der Waals surface area contributed by atoms with Crippen molar-refractivity contribution in [2.75, 3.05) is 13.1 Å². The van der Waals surface area contributed by atoms with Crippen LogP contribution in [0.15, 0.2) is 18.3 Å². The van der Waals surface area contributed by atoms with E-state index in [0.29, 0.717) is 11.5 Å². The van der Waals surface area contributed by atoms with Crippen molar-refractivity contribution in [1.29, 1.82) is 0 Å². The molecule has 0 saturated carbocycles. The molecule has 2 rings (SSSR count). The minimum Gasteiger partial charge on any atom is -0.317 e. The number of hydrogen-bond donors (Lipinski definition) is 1. The topological polar surface area (TPSA) is 50.7 Å². The molecular weight excluding hydrogens is 255 g/mol. The highest BCUT2D eigenvalue weighted by atomic mass is 19.1. The van der Waals surface area contributed by atoms with E-state index in [1.807, 2.05) is 13.8 Å². The molecule has 2 aromatic heterocycles. The summed E-state index contributed by atoms with van der Waals surface area (Å²) in [6.07, 6.45) is 2.09. The van der Waals surface area contributed by atoms with Crippen molar-refractivity contribution in [2.45, 2.75) is 27.2 Å². The molecule has 1 N–H and O–H groups in total. The summed E-state index contributed by atoms with van der Waals surface area (Å²) in [5.74, 6) is 0.191. The van der Waals surface area contributed by atoms with E-state index >= 15 is 0 Å². The average molecular weight is 274 g/mol. The Bertz CT molecular complexity index is 558. The number of likely N-dealkylation sites (N-methyl/N-ethyl adjacent to an activating group) is 1. The van der Waals surface area contributed by atoms with Crippen molar-refractivity contribution >= 4 is 0 Å². The molecule has 2 heterocycles. The molecule has 0 atom stereocenters. The second-order valence-electron chi connectivity index (χ2n) is 4.66. The van der Waals surface area contributed by atoms with Crippen molar-refractivity contribution in [1.82, 2.24) is 20.3 Å². The lowest BCUT2D eigenvalue weighted by atomic mass is 10.1. The number of nitrogens with zero attached hydrogens (tertiary/aromatic N) is 3. The fourth-order valence-corrected chi connectivity index (χ4v) is 2.11. The first-order valence-electron chi connectivity index (χ1n) is 6.78. The molecule has 0 aromatic carbocycles. The molecule has 0 spiro atoms. The number of hydrogen-bond acceptors (Lipinski definition) is 4. The van der Waals surface area contributed by atoms with E-state index in [2.05, 4.69) is 27.2 Å². The first-order chi connectivity index (χ1) is 9.61. The zero-order valence-corrected chi connectivity index (χ0v) is 12.1. The van der Waals surface area contributed by atoms with Gasteiger partial charge in [-0.3, -0.25) is 0 Å². The van der Waals surface area contributed by atoms with Crippen LogP contribution in [0.2, 0.25) is 0 Å². The first kappa shape index (κ1) is 14.5. The average Bonchev–Trinajstić information content (AvgIpc) is 2.42. The van der Waals surface area contributed by atoms with Crippen molar-refractivity contribution < 1.29 is 4.39 Å². The van der Waals surface area contributed by atoms with Crippen LogP contribution in [0.1, 0.15) is 23.9 Å². The van der Waals surface area contributed by atoms with Gasteiger partial charge in [0, 0.05) is 11.4 Å². The van der Waals surface area contributed by atoms with Crippen LogP contribution in [0.4, 0.5) is 4.39 Å². The van der Waals surface area contributed by atoms with Crippen LogP contribution in [0, 0.1) is 19.7 Å². The Morgan fingerprint density at radius 2 is 1.85 bits per heavy atom. The van der Waals surface area contributed by atoms with Crippen LogP contribution in [-0.2, 0) is 6.42 Å². The van der Waals surface area contributed by atoms with Gasteiger partial charge < -0.3 is 5.32 Å². The molecule has 0 aliphatic rings. The highest BCUT2D eigenvalue weighted by Crippen LogP contribution is 2.17. The molecule has 0 fully saturated rings. The highest BCUT2D eigenvalue weighted by Gasteiger charge is 2.10. The van der Waals surface area contributed by atoms with Gasteiger partial charge in [0.1, 0.15) is 11.5 Å². The van der Waals surface area contributed by atoms with E-state index < -0.39 is 0 Å². The van der Waals surface area contributed by atoms with E-state index in [0.717, 1.165) is 36.5 Å². The monoisotopic (exact) mass is 274 g/mol. The molecule has 0 radical (unpaired) electrons. The summed E-state index contributed by atoms with van der Waals surface area (Å²) in [5.41, 5.74) is 3.67. The molecule has 20 heavy (non-hydrogen) atoms. The maximum atomic E-state index is 12.9. The molecule has 106 valence electrons. The summed E-state index contributed by atoms with van der Waals surface area (Å²) < 4.78 is 12.9. The van der Waals surface area contributed by atoms with Gasteiger partial charge in [0.25, 0.3) is 0 Å². The number of nitrogens with one attached hydrogen (secondary N) is 1. The van der Waals surface area contributed by atoms with Gasteiger partial charge >= 0.3 is 0 Å². The zero-order valence-electron chi connectivity index (χ0n) is 12.1. The molecule has 0 unspecified atom stereocenters. The van der Waals surface area contributed by atoms with Gasteiger partial charge in [0.15, 0.2) is 5.82 Å². The Hall–Kier alpha value is -1.88. The van der Waals surface area contributed by atoms with Crippen molar-refractivity contribution in [3.8, 4) is 11.5 Å². The van der Waals surface area contributed by atoms with Crippen LogP contribution in [0.25, 0.3) is 11.5 Å². The molecule has 2 aromatic rings. The Balaban J connectivity index is 2.27. The minimum atomic E-state index is -0.357. The molecule has 4 nitrogen and oxygen atoms in total. The lowest BCUT2D eigenvalue weighted by molar-refractivity contribution is 0.621. The molecule has 0 amide bonds. The van der Waals surface area contributed by atoms with Crippen LogP contribution < -0.4 is 5.32 Å². The Morgan fingerprint density at radius 1 is 1.15 bits per heavy atom. The third kappa shape index (κ3) is 3.36. The third-order valence-electron chi connectivity index (χ3n) is 3.18. The van der Waals surface area contributed by atoms with Crippen molar-refractivity contribution in [3.05, 3.63) is 41.1 Å². The van der Waals surface area contributed by atoms with Crippen LogP contribution >= 0.6 is 0 Å². The fraction of sp³-hybridized carbons (Fsp3) is 0.400. The Morgan fingerprint density at radius 3 is 2.40 bits per heavy atom. The maximum Gasteiger partial charge on any atom is 0.178 e. The summed E-state index contributed by atoms with van der Waals surface area (Å²) in [6, 6.07) is 2.97. The number of aromatic nitrogens is 3. The lowest BCUT2D eigenvalue weighted by Crippen LogP contribution is -2.17. The maximum absolute atomic E-state index is 12.9. The van der Waals surface area contributed by atoms with Crippen LogP contribution in [0.5, 0.6) is 0 Å². The van der Waals surface area contributed by atoms with Gasteiger partial charge in [0.2, 0.25) is 0 Å². The molecule has 0 bridgehead atoms. The second kappa shape index (κ2) is 6.52. The van der Waals surface area contributed by atoms with Gasteiger partial charge in [0.05, 0.1) is 6.20 Å². The van der Waals surface area contributed by atoms with Gasteiger partial charge in [-0.25, -0.2) is 19.3 Å². The van der Waals surface area contributed by atoms with Gasteiger partial charge in [-0.15, -0.1) is 0 Å². The summed E-state index contributed by atoms with van der Waals surface area (Å²) in [6.45, 7) is 7.90. The largest absolute Gasteiger partial charge is 0.317 e. The molecule has 0 saturated heterocycles. The van der Waals surface area contributed by atoms with E-state index in [1.165, 1.54) is 12.3 Å². The predicted molar refractivity (Wildman–Crippen MR) is 76.9 cm³/mol. The molecule has 0 aliphatic heterocycles. The summed E-state index contributed by atoms with van der Waals surface area (Å²) >= 11 is 0. The van der Waals surface area contributed by atoms with Crippen molar-refractivity contribution in [2.24, 2.45) is 0 Å². The lowest BCUT2D eigenvalue weighted by Gasteiger charge is -2.10. The van der Waals surface area contributed by atoms with Gasteiger partial charge in [-0.1, -0.05) is 6.92 Å². The number of halogens is 1. The van der Waals surface area contributed by atoms with E-state index in [1.54, 1.807) is 6.07 Å². The predicted octanol–water partition coefficient (Wildman–Crippen LogP) is 2.45. The van der Waals surface area contributed by atoms with Crippen LogP contribution in [-0.4, -0.2) is 28.0 Å². The molecule has 0 aliphatic carbocycles. The quantitative estimate of drug-likeness (QED) is 0.851. The molecular formula is C15H19FN4. The van der Waals surface area contributed by atoms with Gasteiger partial charge in [-0.05, 0) is 51.1 Å². The smallest absolute Gasteiger partial charge is 0.178 e. The fourth-order valence-electron chi connectivity index (χ4n) is 2.11. The Labute approximate surface area is 118 Å². The first-order valence-corrected chi connectivity index (χ1v) is 6.78. The second-order valence-corrected chi connectivity index (χ2v) is 4.66. The standard InChI is InChI=1S/C15H19FN4/c1-4-17-8-7-13-10(2)19-15(20-11(13)3)14-6-5-12(16)9-18-14/h5-6,9,17H,4,7-8H2,1-3H3.